The highest BCUT2D eigenvalue weighted by molar-refractivity contribution is 6.30. The van der Waals surface area contributed by atoms with Crippen molar-refractivity contribution in [3.63, 3.8) is 0 Å². The van der Waals surface area contributed by atoms with E-state index in [0.717, 1.165) is 0 Å². The van der Waals surface area contributed by atoms with Crippen LogP contribution >= 0.6 is 11.6 Å². The number of anilines is 3. The molecule has 0 atom stereocenters. The maximum absolute atomic E-state index is 12.4. The number of nitrogens with two attached hydrogens (primary N) is 1. The molecule has 10 nitrogen and oxygen atoms in total. The van der Waals surface area contributed by atoms with Gasteiger partial charge in [0.15, 0.2) is 12.4 Å². The van der Waals surface area contributed by atoms with E-state index in [9.17, 15) is 14.9 Å². The molecule has 1 aromatic heterocycles. The summed E-state index contributed by atoms with van der Waals surface area (Å²) in [5.41, 5.74) is 6.31. The molecule has 0 aliphatic carbocycles. The third kappa shape index (κ3) is 4.93. The molecule has 1 heterocycles. The van der Waals surface area contributed by atoms with E-state index in [-0.39, 0.29) is 35.6 Å². The lowest BCUT2D eigenvalue weighted by molar-refractivity contribution is -0.385. The van der Waals surface area contributed by atoms with E-state index in [2.05, 4.69) is 20.3 Å². The van der Waals surface area contributed by atoms with Crippen LogP contribution in [0, 0.1) is 17.0 Å². The minimum Gasteiger partial charge on any atom is -0.454 e. The monoisotopic (exact) mass is 414 g/mol. The van der Waals surface area contributed by atoms with Gasteiger partial charge in [0.05, 0.1) is 4.92 Å². The number of benzene rings is 2. The number of hydrogen-bond donors (Lipinski definition) is 2. The molecule has 0 fully saturated rings. The van der Waals surface area contributed by atoms with Gasteiger partial charge in [0.1, 0.15) is 5.56 Å². The van der Waals surface area contributed by atoms with Crippen molar-refractivity contribution in [2.24, 2.45) is 0 Å². The van der Waals surface area contributed by atoms with Gasteiger partial charge in [-0.2, -0.15) is 15.0 Å². The van der Waals surface area contributed by atoms with Gasteiger partial charge in [0, 0.05) is 16.8 Å². The standard InChI is InChI=1S/C18H15ClN6O4/c1-10-3-2-4-13(25(27)28)15(10)16(26)29-9-14-22-17(20)24-18(23-14)21-12-7-5-11(19)6-8-12/h2-8H,9H2,1H3,(H3,20,21,22,23,24). The number of ether oxygens (including phenoxy) is 1. The molecule has 0 unspecified atom stereocenters. The minimum absolute atomic E-state index is 0.0793. The molecule has 0 aliphatic rings. The van der Waals surface area contributed by atoms with Crippen LogP contribution < -0.4 is 11.1 Å². The summed E-state index contributed by atoms with van der Waals surface area (Å²) >= 11 is 5.85. The van der Waals surface area contributed by atoms with Crippen LogP contribution in [0.3, 0.4) is 0 Å². The third-order valence-corrected chi connectivity index (χ3v) is 4.04. The Balaban J connectivity index is 1.76. The number of carbonyl (C=O) groups is 1. The van der Waals surface area contributed by atoms with Crippen molar-refractivity contribution >= 4 is 40.8 Å². The second-order valence-corrected chi connectivity index (χ2v) is 6.30. The molecule has 0 saturated heterocycles. The number of nitro groups is 1. The highest BCUT2D eigenvalue weighted by Gasteiger charge is 2.24. The summed E-state index contributed by atoms with van der Waals surface area (Å²) in [6.07, 6.45) is 0. The molecule has 3 N–H and O–H groups in total. The smallest absolute Gasteiger partial charge is 0.345 e. The number of aryl methyl sites for hydroxylation is 1. The number of aromatic nitrogens is 3. The van der Waals surface area contributed by atoms with Crippen LogP contribution in [0.5, 0.6) is 0 Å². The van der Waals surface area contributed by atoms with Gasteiger partial charge in [-0.1, -0.05) is 23.7 Å². The van der Waals surface area contributed by atoms with E-state index in [4.69, 9.17) is 22.1 Å². The topological polar surface area (TPSA) is 146 Å². The molecule has 11 heteroatoms. The van der Waals surface area contributed by atoms with E-state index in [1.54, 1.807) is 37.3 Å². The molecule has 0 bridgehead atoms. The molecule has 3 aromatic rings. The lowest BCUT2D eigenvalue weighted by Crippen LogP contribution is -2.13. The number of carbonyl (C=O) groups excluding carboxylic acids is 1. The van der Waals surface area contributed by atoms with E-state index in [1.165, 1.54) is 12.1 Å². The van der Waals surface area contributed by atoms with Gasteiger partial charge in [0.2, 0.25) is 11.9 Å². The van der Waals surface area contributed by atoms with Crippen molar-refractivity contribution in [2.45, 2.75) is 13.5 Å². The van der Waals surface area contributed by atoms with Gasteiger partial charge >= 0.3 is 5.97 Å². The summed E-state index contributed by atoms with van der Waals surface area (Å²) in [7, 11) is 0. The van der Waals surface area contributed by atoms with Crippen LogP contribution in [0.15, 0.2) is 42.5 Å². The maximum atomic E-state index is 12.4. The van der Waals surface area contributed by atoms with Gasteiger partial charge in [-0.05, 0) is 36.8 Å². The highest BCUT2D eigenvalue weighted by Crippen LogP contribution is 2.23. The van der Waals surface area contributed by atoms with Crippen LogP contribution in [0.4, 0.5) is 23.3 Å². The van der Waals surface area contributed by atoms with Crippen LogP contribution in [0.25, 0.3) is 0 Å². The number of nitrogens with zero attached hydrogens (tertiary/aromatic N) is 4. The largest absolute Gasteiger partial charge is 0.454 e. The minimum atomic E-state index is -0.860. The van der Waals surface area contributed by atoms with Crippen molar-refractivity contribution in [3.8, 4) is 0 Å². The van der Waals surface area contributed by atoms with Gasteiger partial charge in [-0.15, -0.1) is 0 Å². The number of halogens is 1. The molecule has 0 aliphatic heterocycles. The quantitative estimate of drug-likeness (QED) is 0.351. The van der Waals surface area contributed by atoms with E-state index in [0.29, 0.717) is 16.3 Å². The first-order valence-electron chi connectivity index (χ1n) is 8.27. The summed E-state index contributed by atoms with van der Waals surface area (Å²) < 4.78 is 5.16. The summed E-state index contributed by atoms with van der Waals surface area (Å²) in [6, 6.07) is 11.1. The van der Waals surface area contributed by atoms with E-state index < -0.39 is 10.9 Å². The molecule has 0 amide bonds. The summed E-state index contributed by atoms with van der Waals surface area (Å²) in [5, 5.41) is 14.7. The number of esters is 1. The SMILES string of the molecule is Cc1cccc([N+](=O)[O-])c1C(=O)OCc1nc(N)nc(Nc2ccc(Cl)cc2)n1. The Morgan fingerprint density at radius 3 is 2.62 bits per heavy atom. The predicted octanol–water partition coefficient (Wildman–Crippen LogP) is 3.42. The van der Waals surface area contributed by atoms with Gasteiger partial charge < -0.3 is 15.8 Å². The van der Waals surface area contributed by atoms with Crippen molar-refractivity contribution < 1.29 is 14.5 Å². The third-order valence-electron chi connectivity index (χ3n) is 3.78. The zero-order valence-corrected chi connectivity index (χ0v) is 15.9. The van der Waals surface area contributed by atoms with Crippen molar-refractivity contribution in [1.29, 1.82) is 0 Å². The van der Waals surface area contributed by atoms with E-state index in [1.807, 2.05) is 0 Å². The molecule has 29 heavy (non-hydrogen) atoms. The Morgan fingerprint density at radius 1 is 1.21 bits per heavy atom. The lowest BCUT2D eigenvalue weighted by atomic mass is 10.1. The average Bonchev–Trinajstić information content (AvgIpc) is 2.67. The van der Waals surface area contributed by atoms with Crippen LogP contribution in [0.2, 0.25) is 5.02 Å². The molecule has 148 valence electrons. The predicted molar refractivity (Wildman–Crippen MR) is 106 cm³/mol. The summed E-state index contributed by atoms with van der Waals surface area (Å²) in [6.45, 7) is 1.24. The first-order valence-corrected chi connectivity index (χ1v) is 8.65. The Hall–Kier alpha value is -3.79. The Morgan fingerprint density at radius 2 is 1.93 bits per heavy atom. The zero-order valence-electron chi connectivity index (χ0n) is 15.1. The van der Waals surface area contributed by atoms with Gasteiger partial charge in [0.25, 0.3) is 5.69 Å². The molecular formula is C18H15ClN6O4. The first-order chi connectivity index (χ1) is 13.8. The fourth-order valence-corrected chi connectivity index (χ4v) is 2.62. The lowest BCUT2D eigenvalue weighted by Gasteiger charge is -2.09. The number of nitro benzene ring substituents is 1. The summed E-state index contributed by atoms with van der Waals surface area (Å²) in [4.78, 5) is 35.0. The number of nitrogen functional groups attached to an aromatic ring is 1. The van der Waals surface area contributed by atoms with Gasteiger partial charge in [-0.3, -0.25) is 10.1 Å². The zero-order chi connectivity index (χ0) is 21.0. The molecule has 2 aromatic carbocycles. The van der Waals surface area contributed by atoms with Gasteiger partial charge in [-0.25, -0.2) is 4.79 Å². The number of rotatable bonds is 6. The normalized spacial score (nSPS) is 10.4. The first kappa shape index (κ1) is 20.0. The molecular weight excluding hydrogens is 400 g/mol. The molecule has 0 spiro atoms. The number of hydrogen-bond acceptors (Lipinski definition) is 9. The highest BCUT2D eigenvalue weighted by atomic mass is 35.5. The second-order valence-electron chi connectivity index (χ2n) is 5.87. The fraction of sp³-hybridized carbons (Fsp3) is 0.111. The number of nitrogens with one attached hydrogen (secondary N) is 1. The van der Waals surface area contributed by atoms with Crippen molar-refractivity contribution in [3.05, 3.63) is 74.6 Å². The van der Waals surface area contributed by atoms with Crippen LogP contribution in [-0.4, -0.2) is 25.8 Å². The summed E-state index contributed by atoms with van der Waals surface area (Å²) in [5.74, 6) is -0.711. The Kier molecular flexibility index (Phi) is 5.84. The van der Waals surface area contributed by atoms with Crippen LogP contribution in [0.1, 0.15) is 21.7 Å². The maximum Gasteiger partial charge on any atom is 0.345 e. The Labute approximate surface area is 169 Å². The second kappa shape index (κ2) is 8.48. The van der Waals surface area contributed by atoms with Crippen molar-refractivity contribution in [1.82, 2.24) is 15.0 Å². The van der Waals surface area contributed by atoms with Crippen LogP contribution in [-0.2, 0) is 11.3 Å². The Bertz CT molecular complexity index is 1070. The molecule has 0 radical (unpaired) electrons. The van der Waals surface area contributed by atoms with E-state index >= 15 is 0 Å². The molecule has 0 saturated carbocycles. The average molecular weight is 415 g/mol. The van der Waals surface area contributed by atoms with Crippen molar-refractivity contribution in [2.75, 3.05) is 11.1 Å². The fourth-order valence-electron chi connectivity index (χ4n) is 2.49. The molecule has 3 rings (SSSR count).